The van der Waals surface area contributed by atoms with Crippen molar-refractivity contribution in [3.63, 3.8) is 0 Å². The Morgan fingerprint density at radius 3 is 2.32 bits per heavy atom. The van der Waals surface area contributed by atoms with Crippen LogP contribution in [-0.4, -0.2) is 35.1 Å². The number of amides is 2. The minimum absolute atomic E-state index is 0.0243. The maximum absolute atomic E-state index is 12.7. The third kappa shape index (κ3) is 4.65. The molecule has 11 heteroatoms. The zero-order valence-electron chi connectivity index (χ0n) is 14.0. The van der Waals surface area contributed by atoms with E-state index in [0.29, 0.717) is 0 Å². The van der Waals surface area contributed by atoms with Crippen molar-refractivity contribution < 1.29 is 35.9 Å². The molecular formula is C17H13F6N3O2. The highest BCUT2D eigenvalue weighted by Crippen LogP contribution is 2.32. The fraction of sp³-hybridized carbons (Fsp3) is 0.294. The fourth-order valence-corrected chi connectivity index (χ4v) is 2.48. The number of carbonyl (C=O) groups is 1. The summed E-state index contributed by atoms with van der Waals surface area (Å²) in [5.74, 6) is -0.224. The number of benzene rings is 1. The average molecular weight is 405 g/mol. The Labute approximate surface area is 154 Å². The van der Waals surface area contributed by atoms with Gasteiger partial charge in [-0.05, 0) is 24.3 Å². The molecule has 0 aliphatic carbocycles. The Hall–Kier alpha value is -2.98. The summed E-state index contributed by atoms with van der Waals surface area (Å²) in [6.07, 6.45) is -8.66. The van der Waals surface area contributed by atoms with E-state index in [0.717, 1.165) is 30.5 Å². The predicted octanol–water partition coefficient (Wildman–Crippen LogP) is 4.41. The van der Waals surface area contributed by atoms with E-state index in [1.54, 1.807) is 0 Å². The molecule has 2 amide bonds. The van der Waals surface area contributed by atoms with Crippen molar-refractivity contribution in [2.45, 2.75) is 18.5 Å². The first kappa shape index (κ1) is 19.8. The van der Waals surface area contributed by atoms with Crippen LogP contribution in [0.1, 0.15) is 11.1 Å². The lowest BCUT2D eigenvalue weighted by atomic mass is 10.1. The Balaban J connectivity index is 1.54. The SMILES string of the molecule is O=C(Nc1cccc(C(F)(F)F)c1)N1CC(Oc2cc(C(F)(F)F)ccn2)C1. The number of nitrogens with zero attached hydrogens (tertiary/aromatic N) is 2. The van der Waals surface area contributed by atoms with Crippen molar-refractivity contribution in [2.75, 3.05) is 18.4 Å². The molecule has 0 unspecified atom stereocenters. The third-order valence-corrected chi connectivity index (χ3v) is 3.93. The molecule has 0 spiro atoms. The van der Waals surface area contributed by atoms with E-state index in [-0.39, 0.29) is 24.7 Å². The van der Waals surface area contributed by atoms with Gasteiger partial charge in [0.2, 0.25) is 5.88 Å². The molecule has 1 saturated heterocycles. The zero-order valence-corrected chi connectivity index (χ0v) is 14.0. The van der Waals surface area contributed by atoms with Crippen LogP contribution in [-0.2, 0) is 12.4 Å². The van der Waals surface area contributed by atoms with Crippen LogP contribution in [0.15, 0.2) is 42.6 Å². The average Bonchev–Trinajstić information content (AvgIpc) is 2.56. The van der Waals surface area contributed by atoms with Gasteiger partial charge in [-0.15, -0.1) is 0 Å². The van der Waals surface area contributed by atoms with Crippen LogP contribution in [0.2, 0.25) is 0 Å². The maximum Gasteiger partial charge on any atom is 0.416 e. The number of carbonyl (C=O) groups excluding carboxylic acids is 1. The number of aromatic nitrogens is 1. The number of urea groups is 1. The molecule has 1 N–H and O–H groups in total. The van der Waals surface area contributed by atoms with E-state index >= 15 is 0 Å². The van der Waals surface area contributed by atoms with Crippen molar-refractivity contribution >= 4 is 11.7 Å². The lowest BCUT2D eigenvalue weighted by molar-refractivity contribution is -0.138. The van der Waals surface area contributed by atoms with Crippen molar-refractivity contribution in [3.05, 3.63) is 53.7 Å². The highest BCUT2D eigenvalue weighted by molar-refractivity contribution is 5.90. The fourth-order valence-electron chi connectivity index (χ4n) is 2.48. The summed E-state index contributed by atoms with van der Waals surface area (Å²) in [5, 5.41) is 2.34. The van der Waals surface area contributed by atoms with E-state index in [2.05, 4.69) is 10.3 Å². The number of rotatable bonds is 3. The minimum atomic E-state index is -4.53. The lowest BCUT2D eigenvalue weighted by Gasteiger charge is -2.38. The van der Waals surface area contributed by atoms with Gasteiger partial charge in [-0.25, -0.2) is 9.78 Å². The molecule has 0 atom stereocenters. The number of ether oxygens (including phenoxy) is 1. The van der Waals surface area contributed by atoms with Gasteiger partial charge in [0, 0.05) is 18.0 Å². The van der Waals surface area contributed by atoms with E-state index in [1.165, 1.54) is 17.0 Å². The summed E-state index contributed by atoms with van der Waals surface area (Å²) in [7, 11) is 0. The van der Waals surface area contributed by atoms with Gasteiger partial charge in [0.25, 0.3) is 0 Å². The molecule has 0 bridgehead atoms. The van der Waals surface area contributed by atoms with Gasteiger partial charge in [-0.3, -0.25) is 0 Å². The van der Waals surface area contributed by atoms with E-state index in [4.69, 9.17) is 4.74 Å². The zero-order chi connectivity index (χ0) is 20.5. The Bertz CT molecular complexity index is 862. The largest absolute Gasteiger partial charge is 0.471 e. The van der Waals surface area contributed by atoms with Gasteiger partial charge in [0.15, 0.2) is 0 Å². The van der Waals surface area contributed by atoms with Crippen molar-refractivity contribution in [1.82, 2.24) is 9.88 Å². The number of anilines is 1. The minimum Gasteiger partial charge on any atom is -0.471 e. The molecule has 150 valence electrons. The molecule has 2 heterocycles. The Morgan fingerprint density at radius 2 is 1.68 bits per heavy atom. The van der Waals surface area contributed by atoms with Crippen LogP contribution < -0.4 is 10.1 Å². The number of hydrogen-bond acceptors (Lipinski definition) is 3. The smallest absolute Gasteiger partial charge is 0.416 e. The highest BCUT2D eigenvalue weighted by Gasteiger charge is 2.35. The molecule has 1 aromatic carbocycles. The van der Waals surface area contributed by atoms with Gasteiger partial charge < -0.3 is 15.0 Å². The molecule has 0 saturated carbocycles. The van der Waals surface area contributed by atoms with Crippen molar-refractivity contribution in [1.29, 1.82) is 0 Å². The summed E-state index contributed by atoms with van der Waals surface area (Å²) in [5.41, 5.74) is -1.83. The van der Waals surface area contributed by atoms with Gasteiger partial charge >= 0.3 is 18.4 Å². The molecule has 1 aliphatic heterocycles. The Kier molecular flexibility index (Phi) is 5.09. The normalized spacial score (nSPS) is 15.1. The topological polar surface area (TPSA) is 54.5 Å². The van der Waals surface area contributed by atoms with E-state index < -0.39 is 35.6 Å². The molecule has 5 nitrogen and oxygen atoms in total. The molecule has 28 heavy (non-hydrogen) atoms. The number of halogens is 6. The molecule has 1 fully saturated rings. The van der Waals surface area contributed by atoms with Crippen molar-refractivity contribution in [2.24, 2.45) is 0 Å². The van der Waals surface area contributed by atoms with Crippen LogP contribution in [0.4, 0.5) is 36.8 Å². The van der Waals surface area contributed by atoms with Gasteiger partial charge in [-0.2, -0.15) is 26.3 Å². The van der Waals surface area contributed by atoms with E-state index in [9.17, 15) is 31.1 Å². The summed E-state index contributed by atoms with van der Waals surface area (Å²) in [6, 6.07) is 5.08. The second-order valence-electron chi connectivity index (χ2n) is 6.03. The number of nitrogens with one attached hydrogen (secondary N) is 1. The summed E-state index contributed by atoms with van der Waals surface area (Å²) in [6.45, 7) is 0.117. The first-order valence-corrected chi connectivity index (χ1v) is 7.95. The van der Waals surface area contributed by atoms with Crippen LogP contribution in [0.5, 0.6) is 5.88 Å². The number of hydrogen-bond donors (Lipinski definition) is 1. The number of alkyl halides is 6. The first-order valence-electron chi connectivity index (χ1n) is 7.95. The highest BCUT2D eigenvalue weighted by atomic mass is 19.4. The molecule has 0 radical (unpaired) electrons. The quantitative estimate of drug-likeness (QED) is 0.770. The van der Waals surface area contributed by atoms with Crippen LogP contribution in [0, 0.1) is 0 Å². The maximum atomic E-state index is 12.7. The van der Waals surface area contributed by atoms with Gasteiger partial charge in [-0.1, -0.05) is 6.07 Å². The first-order chi connectivity index (χ1) is 13.0. The molecule has 1 aliphatic rings. The summed E-state index contributed by atoms with van der Waals surface area (Å²) >= 11 is 0. The van der Waals surface area contributed by atoms with Crippen LogP contribution in [0.25, 0.3) is 0 Å². The van der Waals surface area contributed by atoms with Crippen LogP contribution in [0.3, 0.4) is 0 Å². The molecule has 1 aromatic heterocycles. The Morgan fingerprint density at radius 1 is 1.04 bits per heavy atom. The third-order valence-electron chi connectivity index (χ3n) is 3.93. The molecule has 2 aromatic rings. The van der Waals surface area contributed by atoms with Gasteiger partial charge in [0.1, 0.15) is 6.10 Å². The monoisotopic (exact) mass is 405 g/mol. The molecule has 3 rings (SSSR count). The van der Waals surface area contributed by atoms with Crippen molar-refractivity contribution in [3.8, 4) is 5.88 Å². The van der Waals surface area contributed by atoms with Gasteiger partial charge in [0.05, 0.1) is 24.2 Å². The van der Waals surface area contributed by atoms with E-state index in [1.807, 2.05) is 0 Å². The second kappa shape index (κ2) is 7.21. The lowest BCUT2D eigenvalue weighted by Crippen LogP contribution is -2.57. The summed E-state index contributed by atoms with van der Waals surface area (Å²) in [4.78, 5) is 17.0. The summed E-state index contributed by atoms with van der Waals surface area (Å²) < 4.78 is 81.3. The molecular weight excluding hydrogens is 392 g/mol. The number of likely N-dealkylation sites (tertiary alicyclic amines) is 1. The standard InChI is InChI=1S/C17H13F6N3O2/c18-16(19,20)10-2-1-3-12(6-10)25-15(27)26-8-13(9-26)28-14-7-11(4-5-24-14)17(21,22)23/h1-7,13H,8-9H2,(H,25,27). The predicted molar refractivity (Wildman–Crippen MR) is 85.7 cm³/mol. The van der Waals surface area contributed by atoms with Crippen LogP contribution >= 0.6 is 0 Å². The second-order valence-corrected chi connectivity index (χ2v) is 6.03. The number of pyridine rings is 1.